The largest absolute Gasteiger partial charge is 0.460 e. The Morgan fingerprint density at radius 1 is 1.25 bits per heavy atom. The smallest absolute Gasteiger partial charge is 0.338 e. The predicted octanol–water partition coefficient (Wildman–Crippen LogP) is 3.09. The highest BCUT2D eigenvalue weighted by atomic mass is 127. The normalized spacial score (nSPS) is 10.2. The molecule has 88 valence electrons. The first-order valence-electron chi connectivity index (χ1n) is 4.85. The zero-order valence-electron chi connectivity index (χ0n) is 8.83. The van der Waals surface area contributed by atoms with Gasteiger partial charge in [-0.1, -0.05) is 0 Å². The van der Waals surface area contributed by atoms with E-state index in [0.717, 1.165) is 7.14 Å². The average molecular weight is 446 g/mol. The molecular weight excluding hydrogens is 434 g/mol. The van der Waals surface area contributed by atoms with Crippen LogP contribution in [-0.4, -0.2) is 25.8 Å². The summed E-state index contributed by atoms with van der Waals surface area (Å²) in [6.07, 6.45) is 0. The van der Waals surface area contributed by atoms with Gasteiger partial charge in [-0.3, -0.25) is 0 Å². The Hall–Kier alpha value is 0.110. The quantitative estimate of drug-likeness (QED) is 0.397. The second-order valence-electron chi connectivity index (χ2n) is 2.96. The Morgan fingerprint density at radius 2 is 2.00 bits per heavy atom. The summed E-state index contributed by atoms with van der Waals surface area (Å²) >= 11 is 4.42. The number of hydrogen-bond donors (Lipinski definition) is 0. The van der Waals surface area contributed by atoms with Crippen LogP contribution in [0.15, 0.2) is 18.2 Å². The first-order chi connectivity index (χ1) is 7.65. The van der Waals surface area contributed by atoms with Gasteiger partial charge in [-0.2, -0.15) is 0 Å². The molecule has 16 heavy (non-hydrogen) atoms. The van der Waals surface area contributed by atoms with Gasteiger partial charge in [0, 0.05) is 13.7 Å². The van der Waals surface area contributed by atoms with E-state index in [-0.39, 0.29) is 5.97 Å². The lowest BCUT2D eigenvalue weighted by Crippen LogP contribution is -2.11. The van der Waals surface area contributed by atoms with Gasteiger partial charge < -0.3 is 9.47 Å². The highest BCUT2D eigenvalue weighted by molar-refractivity contribution is 14.1. The molecule has 1 aromatic rings. The van der Waals surface area contributed by atoms with E-state index in [1.165, 1.54) is 0 Å². The van der Waals surface area contributed by atoms with Crippen LogP contribution in [0.4, 0.5) is 0 Å². The van der Waals surface area contributed by atoms with Crippen molar-refractivity contribution >= 4 is 51.2 Å². The number of hydrogen-bond acceptors (Lipinski definition) is 3. The van der Waals surface area contributed by atoms with Crippen molar-refractivity contribution in [3.05, 3.63) is 30.9 Å². The maximum atomic E-state index is 11.6. The summed E-state index contributed by atoms with van der Waals surface area (Å²) in [4.78, 5) is 11.6. The van der Waals surface area contributed by atoms with Crippen molar-refractivity contribution in [2.24, 2.45) is 0 Å². The molecule has 5 heteroatoms. The molecule has 0 spiro atoms. The van der Waals surface area contributed by atoms with Crippen LogP contribution in [0.25, 0.3) is 0 Å². The fourth-order valence-corrected chi connectivity index (χ4v) is 1.89. The van der Waals surface area contributed by atoms with Gasteiger partial charge in [-0.25, -0.2) is 4.79 Å². The van der Waals surface area contributed by atoms with Crippen LogP contribution < -0.4 is 0 Å². The molecule has 0 aliphatic carbocycles. The van der Waals surface area contributed by atoms with Crippen molar-refractivity contribution in [1.29, 1.82) is 0 Å². The van der Waals surface area contributed by atoms with E-state index in [1.54, 1.807) is 6.07 Å². The Bertz CT molecular complexity index is 366. The Balaban J connectivity index is 2.50. The Morgan fingerprint density at radius 3 is 2.62 bits per heavy atom. The molecule has 0 atom stereocenters. The molecule has 0 unspecified atom stereocenters. The first-order valence-corrected chi connectivity index (χ1v) is 7.00. The van der Waals surface area contributed by atoms with Gasteiger partial charge in [0.15, 0.2) is 0 Å². The van der Waals surface area contributed by atoms with E-state index in [4.69, 9.17) is 9.47 Å². The first kappa shape index (κ1) is 14.2. The minimum atomic E-state index is -0.297. The molecule has 0 saturated heterocycles. The van der Waals surface area contributed by atoms with Crippen molar-refractivity contribution in [3.8, 4) is 0 Å². The molecule has 0 fully saturated rings. The van der Waals surface area contributed by atoms with E-state index in [1.807, 2.05) is 19.1 Å². The number of ether oxygens (including phenoxy) is 2. The molecule has 0 aliphatic heterocycles. The number of rotatable bonds is 5. The summed E-state index contributed by atoms with van der Waals surface area (Å²) in [6.45, 7) is 3.29. The molecule has 0 radical (unpaired) electrons. The topological polar surface area (TPSA) is 35.5 Å². The van der Waals surface area contributed by atoms with Gasteiger partial charge in [0.2, 0.25) is 0 Å². The zero-order valence-corrected chi connectivity index (χ0v) is 13.1. The molecular formula is C11H12I2O3. The van der Waals surface area contributed by atoms with Crippen LogP contribution in [0, 0.1) is 7.14 Å². The van der Waals surface area contributed by atoms with Crippen LogP contribution in [0.1, 0.15) is 17.3 Å². The fourth-order valence-electron chi connectivity index (χ4n) is 1.04. The maximum absolute atomic E-state index is 11.6. The van der Waals surface area contributed by atoms with Gasteiger partial charge in [-0.05, 0) is 70.3 Å². The van der Waals surface area contributed by atoms with Crippen molar-refractivity contribution in [2.75, 3.05) is 19.8 Å². The lowest BCUT2D eigenvalue weighted by molar-refractivity contribution is 0.0335. The van der Waals surface area contributed by atoms with Crippen LogP contribution in [0.3, 0.4) is 0 Å². The van der Waals surface area contributed by atoms with E-state index < -0.39 is 0 Å². The lowest BCUT2D eigenvalue weighted by Gasteiger charge is -2.05. The minimum absolute atomic E-state index is 0.297. The highest BCUT2D eigenvalue weighted by Gasteiger charge is 2.08. The molecule has 0 bridgehead atoms. The second kappa shape index (κ2) is 7.44. The van der Waals surface area contributed by atoms with E-state index >= 15 is 0 Å². The Kier molecular flexibility index (Phi) is 6.59. The molecule has 1 aromatic carbocycles. The molecule has 3 nitrogen and oxygen atoms in total. The van der Waals surface area contributed by atoms with Crippen molar-refractivity contribution in [1.82, 2.24) is 0 Å². The van der Waals surface area contributed by atoms with Gasteiger partial charge in [-0.15, -0.1) is 0 Å². The van der Waals surface area contributed by atoms with Crippen LogP contribution in [0.2, 0.25) is 0 Å². The number of carbonyl (C=O) groups is 1. The van der Waals surface area contributed by atoms with E-state index in [0.29, 0.717) is 25.4 Å². The number of benzene rings is 1. The summed E-state index contributed by atoms with van der Waals surface area (Å²) in [5.74, 6) is -0.297. The van der Waals surface area contributed by atoms with E-state index in [9.17, 15) is 4.79 Å². The summed E-state index contributed by atoms with van der Waals surface area (Å²) < 4.78 is 12.3. The Labute approximate surface area is 122 Å². The van der Waals surface area contributed by atoms with E-state index in [2.05, 4.69) is 45.2 Å². The van der Waals surface area contributed by atoms with Crippen molar-refractivity contribution in [2.45, 2.75) is 6.92 Å². The molecule has 0 aromatic heterocycles. The highest BCUT2D eigenvalue weighted by Crippen LogP contribution is 2.16. The fraction of sp³-hybridized carbons (Fsp3) is 0.364. The number of carbonyl (C=O) groups excluding carboxylic acids is 1. The molecule has 0 heterocycles. The minimum Gasteiger partial charge on any atom is -0.460 e. The second-order valence-corrected chi connectivity index (χ2v) is 5.29. The third-order valence-electron chi connectivity index (χ3n) is 1.82. The predicted molar refractivity (Wildman–Crippen MR) is 78.7 cm³/mol. The van der Waals surface area contributed by atoms with Crippen molar-refractivity contribution in [3.63, 3.8) is 0 Å². The number of esters is 1. The monoisotopic (exact) mass is 446 g/mol. The molecule has 0 N–H and O–H groups in total. The zero-order chi connectivity index (χ0) is 12.0. The van der Waals surface area contributed by atoms with Crippen molar-refractivity contribution < 1.29 is 14.3 Å². The average Bonchev–Trinajstić information content (AvgIpc) is 2.28. The SMILES string of the molecule is CCOCCOC(=O)c1ccc(I)c(I)c1. The third kappa shape index (κ3) is 4.54. The van der Waals surface area contributed by atoms with Crippen LogP contribution in [-0.2, 0) is 9.47 Å². The number of halogens is 2. The van der Waals surface area contributed by atoms with Gasteiger partial charge in [0.25, 0.3) is 0 Å². The van der Waals surface area contributed by atoms with Gasteiger partial charge in [0.1, 0.15) is 6.61 Å². The summed E-state index contributed by atoms with van der Waals surface area (Å²) in [7, 11) is 0. The standard InChI is InChI=1S/C11H12I2O3/c1-2-15-5-6-16-11(14)8-3-4-9(12)10(13)7-8/h3-4,7H,2,5-6H2,1H3. The summed E-state index contributed by atoms with van der Waals surface area (Å²) in [5.41, 5.74) is 0.585. The van der Waals surface area contributed by atoms with Gasteiger partial charge in [0.05, 0.1) is 12.2 Å². The van der Waals surface area contributed by atoms with Gasteiger partial charge >= 0.3 is 5.97 Å². The maximum Gasteiger partial charge on any atom is 0.338 e. The molecule has 1 rings (SSSR count). The molecule has 0 amide bonds. The summed E-state index contributed by atoms with van der Waals surface area (Å²) in [6, 6.07) is 5.50. The summed E-state index contributed by atoms with van der Waals surface area (Å²) in [5, 5.41) is 0. The lowest BCUT2D eigenvalue weighted by atomic mass is 10.2. The molecule has 0 saturated carbocycles. The van der Waals surface area contributed by atoms with Crippen LogP contribution in [0.5, 0.6) is 0 Å². The molecule has 0 aliphatic rings. The third-order valence-corrected chi connectivity index (χ3v) is 4.69. The van der Waals surface area contributed by atoms with Crippen LogP contribution >= 0.6 is 45.2 Å².